The van der Waals surface area contributed by atoms with Gasteiger partial charge in [0.2, 0.25) is 0 Å². The van der Waals surface area contributed by atoms with Gasteiger partial charge >= 0.3 is 0 Å². The first-order valence-corrected chi connectivity index (χ1v) is 13.9. The number of hydrazone groups is 1. The Bertz CT molecular complexity index is 1580. The van der Waals surface area contributed by atoms with Crippen molar-refractivity contribution in [2.75, 3.05) is 17.5 Å². The largest absolute Gasteiger partial charge is 0.484 e. The van der Waals surface area contributed by atoms with E-state index in [0.717, 1.165) is 22.0 Å². The Balaban J connectivity index is 1.31. The van der Waals surface area contributed by atoms with Crippen LogP contribution in [0.3, 0.4) is 0 Å². The average Bonchev–Trinajstić information content (AvgIpc) is 3.00. The van der Waals surface area contributed by atoms with Gasteiger partial charge in [-0.15, -0.1) is 0 Å². The van der Waals surface area contributed by atoms with Gasteiger partial charge in [0.15, 0.2) is 6.61 Å². The average molecular weight is 575 g/mol. The van der Waals surface area contributed by atoms with Crippen LogP contribution in [0.25, 0.3) is 0 Å². The third kappa shape index (κ3) is 8.48. The first-order chi connectivity index (χ1) is 19.8. The van der Waals surface area contributed by atoms with Crippen LogP contribution < -0.4 is 19.8 Å². The van der Waals surface area contributed by atoms with Gasteiger partial charge in [0, 0.05) is 6.54 Å². The molecule has 210 valence electrons. The quantitative estimate of drug-likeness (QED) is 0.197. The maximum absolute atomic E-state index is 13.5. The third-order valence-electron chi connectivity index (χ3n) is 5.72. The van der Waals surface area contributed by atoms with Gasteiger partial charge in [0.05, 0.1) is 16.8 Å². The number of amides is 2. The van der Waals surface area contributed by atoms with E-state index in [1.807, 2.05) is 30.3 Å². The number of hydrogen-bond donors (Lipinski definition) is 2. The smallest absolute Gasteiger partial charge is 0.264 e. The molecule has 41 heavy (non-hydrogen) atoms. The molecule has 0 aliphatic heterocycles. The molecule has 0 spiro atoms. The van der Waals surface area contributed by atoms with E-state index in [9.17, 15) is 22.4 Å². The molecule has 0 heterocycles. The molecule has 0 saturated carbocycles. The second-order valence-electron chi connectivity index (χ2n) is 8.71. The molecule has 0 unspecified atom stereocenters. The Morgan fingerprint density at radius 3 is 2.12 bits per heavy atom. The Hall–Kier alpha value is -5.03. The SMILES string of the molecule is O=C(COc1ccc(/C=N\NC(=O)CN(c2ccc(F)cc2)S(=O)(=O)c2ccccc2)cc1)NCc1ccccc1. The lowest BCUT2D eigenvalue weighted by Crippen LogP contribution is -2.39. The molecular formula is C30H27FN4O5S. The number of hydrogen-bond acceptors (Lipinski definition) is 6. The Morgan fingerprint density at radius 1 is 0.829 bits per heavy atom. The molecule has 0 bridgehead atoms. The van der Waals surface area contributed by atoms with Gasteiger partial charge in [-0.1, -0.05) is 48.5 Å². The summed E-state index contributed by atoms with van der Waals surface area (Å²) in [5.41, 5.74) is 4.05. The molecule has 0 aliphatic rings. The predicted molar refractivity (Wildman–Crippen MR) is 153 cm³/mol. The van der Waals surface area contributed by atoms with E-state index in [4.69, 9.17) is 4.74 Å². The number of ether oxygens (including phenoxy) is 1. The van der Waals surface area contributed by atoms with Crippen LogP contribution in [0.4, 0.5) is 10.1 Å². The topological polar surface area (TPSA) is 117 Å². The molecular weight excluding hydrogens is 547 g/mol. The Kier molecular flexibility index (Phi) is 9.79. The van der Waals surface area contributed by atoms with E-state index >= 15 is 0 Å². The van der Waals surface area contributed by atoms with Crippen molar-refractivity contribution in [1.29, 1.82) is 0 Å². The minimum Gasteiger partial charge on any atom is -0.484 e. The summed E-state index contributed by atoms with van der Waals surface area (Å²) < 4.78 is 46.4. The van der Waals surface area contributed by atoms with E-state index in [1.165, 1.54) is 30.5 Å². The molecule has 4 aromatic carbocycles. The van der Waals surface area contributed by atoms with Crippen molar-refractivity contribution >= 4 is 33.7 Å². The molecule has 2 N–H and O–H groups in total. The normalized spacial score (nSPS) is 11.1. The van der Waals surface area contributed by atoms with Gasteiger partial charge < -0.3 is 10.1 Å². The summed E-state index contributed by atoms with van der Waals surface area (Å²) in [6.07, 6.45) is 1.38. The summed E-state index contributed by atoms with van der Waals surface area (Å²) in [6.45, 7) is -0.323. The number of sulfonamides is 1. The fourth-order valence-electron chi connectivity index (χ4n) is 3.63. The number of halogens is 1. The monoisotopic (exact) mass is 574 g/mol. The number of nitrogens with one attached hydrogen (secondary N) is 2. The fourth-order valence-corrected chi connectivity index (χ4v) is 5.08. The van der Waals surface area contributed by atoms with Gasteiger partial charge in [0.1, 0.15) is 18.1 Å². The second kappa shape index (κ2) is 13.9. The van der Waals surface area contributed by atoms with Crippen molar-refractivity contribution in [1.82, 2.24) is 10.7 Å². The van der Waals surface area contributed by atoms with Gasteiger partial charge in [0.25, 0.3) is 21.8 Å². The first kappa shape index (κ1) is 29.0. The molecule has 4 rings (SSSR count). The first-order valence-electron chi connectivity index (χ1n) is 12.5. The van der Waals surface area contributed by atoms with E-state index in [1.54, 1.807) is 42.5 Å². The fraction of sp³-hybridized carbons (Fsp3) is 0.100. The summed E-state index contributed by atoms with van der Waals surface area (Å²) in [5, 5.41) is 6.68. The van der Waals surface area contributed by atoms with Crippen LogP contribution in [0, 0.1) is 5.82 Å². The number of carbonyl (C=O) groups excluding carboxylic acids is 2. The molecule has 11 heteroatoms. The lowest BCUT2D eigenvalue weighted by molar-refractivity contribution is -0.123. The number of rotatable bonds is 12. The standard InChI is InChI=1S/C30H27FN4O5S/c31-25-13-15-26(16-14-25)35(41(38,39)28-9-5-2-6-10-28)21-29(36)34-33-20-24-11-17-27(18-12-24)40-22-30(37)32-19-23-7-3-1-4-8-23/h1-18,20H,19,21-22H2,(H,32,37)(H,34,36)/b33-20-. The van der Waals surface area contributed by atoms with Crippen molar-refractivity contribution in [2.45, 2.75) is 11.4 Å². The summed E-state index contributed by atoms with van der Waals surface area (Å²) in [5.74, 6) is -1.03. The molecule has 0 radical (unpaired) electrons. The number of anilines is 1. The van der Waals surface area contributed by atoms with Crippen LogP contribution in [0.1, 0.15) is 11.1 Å². The second-order valence-corrected chi connectivity index (χ2v) is 10.6. The molecule has 0 aromatic heterocycles. The predicted octanol–water partition coefficient (Wildman–Crippen LogP) is 3.87. The highest BCUT2D eigenvalue weighted by Crippen LogP contribution is 2.23. The summed E-state index contributed by atoms with van der Waals surface area (Å²) in [6, 6.07) is 28.6. The highest BCUT2D eigenvalue weighted by molar-refractivity contribution is 7.92. The molecule has 0 atom stereocenters. The van der Waals surface area contributed by atoms with Crippen LogP contribution >= 0.6 is 0 Å². The van der Waals surface area contributed by atoms with Gasteiger partial charge in [-0.2, -0.15) is 5.10 Å². The van der Waals surface area contributed by atoms with Crippen molar-refractivity contribution in [3.63, 3.8) is 0 Å². The van der Waals surface area contributed by atoms with E-state index in [2.05, 4.69) is 15.8 Å². The van der Waals surface area contributed by atoms with Crippen molar-refractivity contribution < 1.29 is 27.1 Å². The van der Waals surface area contributed by atoms with Crippen LogP contribution in [-0.2, 0) is 26.2 Å². The van der Waals surface area contributed by atoms with E-state index in [0.29, 0.717) is 17.9 Å². The van der Waals surface area contributed by atoms with Gasteiger partial charge in [-0.3, -0.25) is 13.9 Å². The zero-order valence-electron chi connectivity index (χ0n) is 21.8. The molecule has 0 fully saturated rings. The maximum atomic E-state index is 13.5. The minimum absolute atomic E-state index is 0.0170. The van der Waals surface area contributed by atoms with Crippen LogP contribution in [0.5, 0.6) is 5.75 Å². The van der Waals surface area contributed by atoms with Crippen LogP contribution in [0.15, 0.2) is 119 Å². The van der Waals surface area contributed by atoms with Crippen molar-refractivity contribution in [3.8, 4) is 5.75 Å². The number of carbonyl (C=O) groups is 2. The molecule has 0 saturated heterocycles. The van der Waals surface area contributed by atoms with Crippen LogP contribution in [0.2, 0.25) is 0 Å². The van der Waals surface area contributed by atoms with Crippen molar-refractivity contribution in [3.05, 3.63) is 126 Å². The zero-order chi connectivity index (χ0) is 29.1. The third-order valence-corrected chi connectivity index (χ3v) is 7.51. The minimum atomic E-state index is -4.12. The van der Waals surface area contributed by atoms with Gasteiger partial charge in [-0.05, 0) is 71.8 Å². The van der Waals surface area contributed by atoms with Crippen molar-refractivity contribution in [2.24, 2.45) is 5.10 Å². The highest BCUT2D eigenvalue weighted by atomic mass is 32.2. The molecule has 2 amide bonds. The maximum Gasteiger partial charge on any atom is 0.264 e. The molecule has 0 aliphatic carbocycles. The number of nitrogens with zero attached hydrogens (tertiary/aromatic N) is 2. The van der Waals surface area contributed by atoms with E-state index < -0.39 is 28.3 Å². The lowest BCUT2D eigenvalue weighted by atomic mass is 10.2. The van der Waals surface area contributed by atoms with Gasteiger partial charge in [-0.25, -0.2) is 18.2 Å². The highest BCUT2D eigenvalue weighted by Gasteiger charge is 2.27. The Morgan fingerprint density at radius 2 is 1.46 bits per heavy atom. The summed E-state index contributed by atoms with van der Waals surface area (Å²) in [4.78, 5) is 24.7. The summed E-state index contributed by atoms with van der Waals surface area (Å²) in [7, 11) is -4.12. The summed E-state index contributed by atoms with van der Waals surface area (Å²) >= 11 is 0. The van der Waals surface area contributed by atoms with E-state index in [-0.39, 0.29) is 23.1 Å². The zero-order valence-corrected chi connectivity index (χ0v) is 22.6. The molecule has 9 nitrogen and oxygen atoms in total. The number of benzene rings is 4. The lowest BCUT2D eigenvalue weighted by Gasteiger charge is -2.23. The molecule has 4 aromatic rings. The Labute approximate surface area is 237 Å². The van der Waals surface area contributed by atoms with Crippen LogP contribution in [-0.4, -0.2) is 39.6 Å².